The van der Waals surface area contributed by atoms with E-state index in [4.69, 9.17) is 9.84 Å². The zero-order chi connectivity index (χ0) is 12.8. The molecule has 0 saturated carbocycles. The van der Waals surface area contributed by atoms with Crippen LogP contribution in [0, 0.1) is 0 Å². The maximum Gasteiger partial charge on any atom is 0.413 e. The minimum Gasteiger partial charge on any atom is -0.480 e. The minimum atomic E-state index is -1.11. The van der Waals surface area contributed by atoms with E-state index < -0.39 is 18.6 Å². The van der Waals surface area contributed by atoms with Crippen LogP contribution in [0.5, 0.6) is 5.75 Å². The summed E-state index contributed by atoms with van der Waals surface area (Å²) in [4.78, 5) is 21.4. The Morgan fingerprint density at radius 1 is 1.41 bits per heavy atom. The van der Waals surface area contributed by atoms with Crippen molar-refractivity contribution in [3.63, 3.8) is 0 Å². The van der Waals surface area contributed by atoms with E-state index in [0.717, 1.165) is 5.56 Å². The monoisotopic (exact) mass is 237 g/mol. The molecule has 5 nitrogen and oxygen atoms in total. The summed E-state index contributed by atoms with van der Waals surface area (Å²) in [6.07, 6.45) is -0.770. The second kappa shape index (κ2) is 5.89. The maximum atomic E-state index is 11.2. The Hall–Kier alpha value is -2.04. The van der Waals surface area contributed by atoms with Gasteiger partial charge in [-0.15, -0.1) is 0 Å². The Morgan fingerprint density at radius 3 is 2.71 bits per heavy atom. The molecule has 0 saturated heterocycles. The molecule has 1 aromatic carbocycles. The molecular weight excluding hydrogens is 222 g/mol. The maximum absolute atomic E-state index is 11.2. The first-order chi connectivity index (χ1) is 7.99. The van der Waals surface area contributed by atoms with Gasteiger partial charge in [0.05, 0.1) is 0 Å². The van der Waals surface area contributed by atoms with Gasteiger partial charge in [-0.05, 0) is 23.6 Å². The Morgan fingerprint density at radius 2 is 2.12 bits per heavy atom. The van der Waals surface area contributed by atoms with Gasteiger partial charge in [-0.1, -0.05) is 26.0 Å². The summed E-state index contributed by atoms with van der Waals surface area (Å²) in [6.45, 7) is 3.61. The Balaban J connectivity index is 2.59. The highest BCUT2D eigenvalue weighted by Crippen LogP contribution is 2.19. The predicted octanol–water partition coefficient (Wildman–Crippen LogP) is 1.98. The predicted molar refractivity (Wildman–Crippen MR) is 62.2 cm³/mol. The second-order valence-corrected chi connectivity index (χ2v) is 3.86. The molecule has 0 aliphatic heterocycles. The van der Waals surface area contributed by atoms with Crippen LogP contribution < -0.4 is 10.1 Å². The van der Waals surface area contributed by atoms with E-state index in [2.05, 4.69) is 5.32 Å². The standard InChI is InChI=1S/C12H15NO4/c1-8(2)9-4-3-5-10(6-9)17-12(16)13-7-11(14)15/h3-6,8H,7H2,1-2H3,(H,13,16)(H,14,15). The number of hydrogen-bond acceptors (Lipinski definition) is 3. The average Bonchev–Trinajstić information content (AvgIpc) is 2.26. The number of carboxylic acids is 1. The lowest BCUT2D eigenvalue weighted by atomic mass is 10.0. The summed E-state index contributed by atoms with van der Waals surface area (Å²) in [5, 5.41) is 10.5. The normalized spacial score (nSPS) is 10.1. The average molecular weight is 237 g/mol. The van der Waals surface area contributed by atoms with E-state index in [1.807, 2.05) is 19.9 Å². The Labute approximate surface area is 99.4 Å². The topological polar surface area (TPSA) is 75.6 Å². The molecule has 0 aromatic heterocycles. The first kappa shape index (κ1) is 13.0. The lowest BCUT2D eigenvalue weighted by Crippen LogP contribution is -2.31. The van der Waals surface area contributed by atoms with Crippen LogP contribution in [0.25, 0.3) is 0 Å². The summed E-state index contributed by atoms with van der Waals surface area (Å²) >= 11 is 0. The molecule has 1 aromatic rings. The molecule has 0 bridgehead atoms. The molecule has 0 atom stereocenters. The van der Waals surface area contributed by atoms with Gasteiger partial charge in [0, 0.05) is 0 Å². The van der Waals surface area contributed by atoms with Gasteiger partial charge in [0.1, 0.15) is 12.3 Å². The number of carbonyl (C=O) groups is 2. The van der Waals surface area contributed by atoms with Gasteiger partial charge < -0.3 is 15.2 Å². The van der Waals surface area contributed by atoms with Crippen LogP contribution in [0.3, 0.4) is 0 Å². The molecule has 17 heavy (non-hydrogen) atoms. The number of carbonyl (C=O) groups excluding carboxylic acids is 1. The first-order valence-corrected chi connectivity index (χ1v) is 5.26. The van der Waals surface area contributed by atoms with Crippen LogP contribution in [0.4, 0.5) is 4.79 Å². The van der Waals surface area contributed by atoms with Crippen LogP contribution in [-0.2, 0) is 4.79 Å². The van der Waals surface area contributed by atoms with E-state index in [1.54, 1.807) is 18.2 Å². The molecule has 0 spiro atoms. The first-order valence-electron chi connectivity index (χ1n) is 5.26. The summed E-state index contributed by atoms with van der Waals surface area (Å²) in [5.41, 5.74) is 1.05. The van der Waals surface area contributed by atoms with Crippen molar-refractivity contribution in [3.05, 3.63) is 29.8 Å². The lowest BCUT2D eigenvalue weighted by molar-refractivity contribution is -0.135. The van der Waals surface area contributed by atoms with Gasteiger partial charge in [0.2, 0.25) is 0 Å². The highest BCUT2D eigenvalue weighted by atomic mass is 16.6. The summed E-state index contributed by atoms with van der Waals surface area (Å²) < 4.78 is 4.94. The van der Waals surface area contributed by atoms with Crippen LogP contribution in [0.1, 0.15) is 25.3 Å². The zero-order valence-electron chi connectivity index (χ0n) is 9.77. The van der Waals surface area contributed by atoms with E-state index in [1.165, 1.54) is 0 Å². The van der Waals surface area contributed by atoms with Crippen LogP contribution in [-0.4, -0.2) is 23.7 Å². The van der Waals surface area contributed by atoms with E-state index in [0.29, 0.717) is 11.7 Å². The van der Waals surface area contributed by atoms with Crippen molar-refractivity contribution in [2.75, 3.05) is 6.54 Å². The Kier molecular flexibility index (Phi) is 4.51. The van der Waals surface area contributed by atoms with E-state index >= 15 is 0 Å². The van der Waals surface area contributed by atoms with Gasteiger partial charge in [-0.25, -0.2) is 4.79 Å². The van der Waals surface area contributed by atoms with Crippen molar-refractivity contribution in [2.45, 2.75) is 19.8 Å². The molecule has 0 aliphatic carbocycles. The molecule has 5 heteroatoms. The molecule has 0 fully saturated rings. The van der Waals surface area contributed by atoms with Crippen LogP contribution in [0.2, 0.25) is 0 Å². The molecule has 1 amide bonds. The molecule has 0 radical (unpaired) electrons. The van der Waals surface area contributed by atoms with Crippen molar-refractivity contribution in [3.8, 4) is 5.75 Å². The molecule has 1 rings (SSSR count). The van der Waals surface area contributed by atoms with E-state index in [9.17, 15) is 9.59 Å². The fraction of sp³-hybridized carbons (Fsp3) is 0.333. The number of carboxylic acid groups (broad SMARTS) is 1. The second-order valence-electron chi connectivity index (χ2n) is 3.86. The summed E-state index contributed by atoms with van der Waals surface area (Å²) in [5.74, 6) is -0.377. The van der Waals surface area contributed by atoms with E-state index in [-0.39, 0.29) is 0 Å². The zero-order valence-corrected chi connectivity index (χ0v) is 9.77. The lowest BCUT2D eigenvalue weighted by Gasteiger charge is -2.08. The number of aliphatic carboxylic acids is 1. The number of ether oxygens (including phenoxy) is 1. The number of amides is 1. The molecule has 0 heterocycles. The third-order valence-corrected chi connectivity index (χ3v) is 2.12. The van der Waals surface area contributed by atoms with Gasteiger partial charge >= 0.3 is 12.1 Å². The molecular formula is C12H15NO4. The van der Waals surface area contributed by atoms with Crippen molar-refractivity contribution in [2.24, 2.45) is 0 Å². The van der Waals surface area contributed by atoms with Gasteiger partial charge in [0.15, 0.2) is 0 Å². The van der Waals surface area contributed by atoms with Crippen LogP contribution in [0.15, 0.2) is 24.3 Å². The minimum absolute atomic E-state index is 0.334. The fourth-order valence-corrected chi connectivity index (χ4v) is 1.23. The SMILES string of the molecule is CC(C)c1cccc(OC(=O)NCC(=O)O)c1. The van der Waals surface area contributed by atoms with Gasteiger partial charge in [0.25, 0.3) is 0 Å². The van der Waals surface area contributed by atoms with Crippen molar-refractivity contribution >= 4 is 12.1 Å². The quantitative estimate of drug-likeness (QED) is 0.839. The van der Waals surface area contributed by atoms with Crippen molar-refractivity contribution < 1.29 is 19.4 Å². The fourth-order valence-electron chi connectivity index (χ4n) is 1.23. The summed E-state index contributed by atoms with van der Waals surface area (Å²) in [6, 6.07) is 7.12. The number of benzene rings is 1. The van der Waals surface area contributed by atoms with Crippen molar-refractivity contribution in [1.29, 1.82) is 0 Å². The van der Waals surface area contributed by atoms with Gasteiger partial charge in [-0.2, -0.15) is 0 Å². The van der Waals surface area contributed by atoms with Crippen molar-refractivity contribution in [1.82, 2.24) is 5.32 Å². The number of nitrogens with one attached hydrogen (secondary N) is 1. The highest BCUT2D eigenvalue weighted by molar-refractivity contribution is 5.77. The highest BCUT2D eigenvalue weighted by Gasteiger charge is 2.07. The van der Waals surface area contributed by atoms with Crippen LogP contribution >= 0.6 is 0 Å². The summed E-state index contributed by atoms with van der Waals surface area (Å²) in [7, 11) is 0. The third-order valence-electron chi connectivity index (χ3n) is 2.12. The largest absolute Gasteiger partial charge is 0.480 e. The molecule has 2 N–H and O–H groups in total. The number of hydrogen-bond donors (Lipinski definition) is 2. The van der Waals surface area contributed by atoms with Gasteiger partial charge in [-0.3, -0.25) is 4.79 Å². The Bertz CT molecular complexity index is 415. The molecule has 0 aliphatic rings. The molecule has 0 unspecified atom stereocenters. The number of rotatable bonds is 4. The smallest absolute Gasteiger partial charge is 0.413 e. The molecule has 92 valence electrons. The third kappa shape index (κ3) is 4.55.